The van der Waals surface area contributed by atoms with Gasteiger partial charge in [-0.1, -0.05) is 13.3 Å². The highest BCUT2D eigenvalue weighted by Crippen LogP contribution is 2.17. The third-order valence-electron chi connectivity index (χ3n) is 3.79. The number of amides is 2. The van der Waals surface area contributed by atoms with E-state index in [1.54, 1.807) is 0 Å². The van der Waals surface area contributed by atoms with Gasteiger partial charge in [-0.25, -0.2) is 0 Å². The lowest BCUT2D eigenvalue weighted by atomic mass is 9.96. The van der Waals surface area contributed by atoms with E-state index in [1.165, 1.54) is 0 Å². The van der Waals surface area contributed by atoms with Gasteiger partial charge in [0.15, 0.2) is 0 Å². The second kappa shape index (κ2) is 9.75. The summed E-state index contributed by atoms with van der Waals surface area (Å²) >= 11 is 0. The molecule has 5 heteroatoms. The molecule has 0 aliphatic carbocycles. The summed E-state index contributed by atoms with van der Waals surface area (Å²) in [7, 11) is 1.89. The lowest BCUT2D eigenvalue weighted by molar-refractivity contribution is -0.135. The molecule has 2 amide bonds. The van der Waals surface area contributed by atoms with Gasteiger partial charge in [-0.05, 0) is 39.3 Å². The number of rotatable bonds is 8. The summed E-state index contributed by atoms with van der Waals surface area (Å²) in [6.45, 7) is 5.12. The molecule has 116 valence electrons. The molecule has 1 fully saturated rings. The number of carbonyl (C=O) groups is 2. The van der Waals surface area contributed by atoms with Gasteiger partial charge in [-0.15, -0.1) is 0 Å². The summed E-state index contributed by atoms with van der Waals surface area (Å²) in [4.78, 5) is 26.0. The summed E-state index contributed by atoms with van der Waals surface area (Å²) < 4.78 is 0. The minimum absolute atomic E-state index is 0.0196. The van der Waals surface area contributed by atoms with E-state index in [4.69, 9.17) is 0 Å². The van der Waals surface area contributed by atoms with E-state index in [9.17, 15) is 9.59 Å². The molecule has 0 radical (unpaired) electrons. The Balaban J connectivity index is 2.33. The number of piperidine rings is 1. The SMILES string of the molecule is CCCCNC(=O)C1CCCN(C(=O)CCCNC)C1. The number of nitrogens with zero attached hydrogens (tertiary/aromatic N) is 1. The molecule has 0 saturated carbocycles. The molecule has 1 rings (SSSR count). The standard InChI is InChI=1S/C15H29N3O2/c1-3-4-10-17-15(20)13-7-6-11-18(12-13)14(19)8-5-9-16-2/h13,16H,3-12H2,1-2H3,(H,17,20). The number of unbranched alkanes of at least 4 members (excludes halogenated alkanes) is 1. The predicted octanol–water partition coefficient (Wildman–Crippen LogP) is 1.14. The molecular formula is C15H29N3O2. The fourth-order valence-corrected chi connectivity index (χ4v) is 2.52. The molecule has 0 aromatic heterocycles. The van der Waals surface area contributed by atoms with Crippen LogP contribution < -0.4 is 10.6 Å². The highest BCUT2D eigenvalue weighted by Gasteiger charge is 2.27. The van der Waals surface area contributed by atoms with Gasteiger partial charge in [0.05, 0.1) is 5.92 Å². The highest BCUT2D eigenvalue weighted by molar-refractivity contribution is 5.81. The molecule has 1 heterocycles. The van der Waals surface area contributed by atoms with Crippen molar-refractivity contribution < 1.29 is 9.59 Å². The van der Waals surface area contributed by atoms with Crippen LogP contribution in [0.1, 0.15) is 45.4 Å². The summed E-state index contributed by atoms with van der Waals surface area (Å²) in [6, 6.07) is 0. The van der Waals surface area contributed by atoms with Crippen LogP contribution in [0.4, 0.5) is 0 Å². The van der Waals surface area contributed by atoms with E-state index in [2.05, 4.69) is 17.6 Å². The zero-order chi connectivity index (χ0) is 14.8. The van der Waals surface area contributed by atoms with Crippen LogP contribution in [-0.4, -0.2) is 49.9 Å². The van der Waals surface area contributed by atoms with E-state index in [0.717, 1.165) is 51.7 Å². The van der Waals surface area contributed by atoms with Gasteiger partial charge in [0.25, 0.3) is 0 Å². The van der Waals surface area contributed by atoms with Crippen molar-refractivity contribution >= 4 is 11.8 Å². The third kappa shape index (κ3) is 5.90. The van der Waals surface area contributed by atoms with Crippen LogP contribution in [0.25, 0.3) is 0 Å². The van der Waals surface area contributed by atoms with Crippen LogP contribution >= 0.6 is 0 Å². The molecule has 1 atom stereocenters. The maximum atomic E-state index is 12.1. The number of hydrogen-bond acceptors (Lipinski definition) is 3. The molecule has 1 unspecified atom stereocenters. The van der Waals surface area contributed by atoms with Crippen molar-refractivity contribution in [2.45, 2.75) is 45.4 Å². The van der Waals surface area contributed by atoms with Crippen LogP contribution in [0.3, 0.4) is 0 Å². The fourth-order valence-electron chi connectivity index (χ4n) is 2.52. The largest absolute Gasteiger partial charge is 0.356 e. The molecule has 0 aromatic rings. The van der Waals surface area contributed by atoms with Gasteiger partial charge < -0.3 is 15.5 Å². The van der Waals surface area contributed by atoms with E-state index in [1.807, 2.05) is 11.9 Å². The number of likely N-dealkylation sites (tertiary alicyclic amines) is 1. The summed E-state index contributed by atoms with van der Waals surface area (Å²) in [5.41, 5.74) is 0. The Hall–Kier alpha value is -1.10. The van der Waals surface area contributed by atoms with Crippen molar-refractivity contribution in [3.05, 3.63) is 0 Å². The zero-order valence-corrected chi connectivity index (χ0v) is 12.9. The monoisotopic (exact) mass is 283 g/mol. The minimum Gasteiger partial charge on any atom is -0.356 e. The molecular weight excluding hydrogens is 254 g/mol. The van der Waals surface area contributed by atoms with Gasteiger partial charge in [0.2, 0.25) is 11.8 Å². The Morgan fingerprint density at radius 2 is 2.05 bits per heavy atom. The molecule has 20 heavy (non-hydrogen) atoms. The number of nitrogens with one attached hydrogen (secondary N) is 2. The van der Waals surface area contributed by atoms with E-state index in [-0.39, 0.29) is 17.7 Å². The number of hydrogen-bond donors (Lipinski definition) is 2. The van der Waals surface area contributed by atoms with Crippen LogP contribution in [0.2, 0.25) is 0 Å². The van der Waals surface area contributed by atoms with Crippen molar-refractivity contribution in [3.63, 3.8) is 0 Å². The van der Waals surface area contributed by atoms with Gasteiger partial charge in [-0.2, -0.15) is 0 Å². The average Bonchev–Trinajstić information content (AvgIpc) is 2.47. The molecule has 1 saturated heterocycles. The van der Waals surface area contributed by atoms with Crippen molar-refractivity contribution in [2.75, 3.05) is 33.2 Å². The van der Waals surface area contributed by atoms with Crippen molar-refractivity contribution in [3.8, 4) is 0 Å². The van der Waals surface area contributed by atoms with E-state index >= 15 is 0 Å². The van der Waals surface area contributed by atoms with Crippen LogP contribution in [0, 0.1) is 5.92 Å². The smallest absolute Gasteiger partial charge is 0.224 e. The van der Waals surface area contributed by atoms with Gasteiger partial charge in [0.1, 0.15) is 0 Å². The first-order valence-corrected chi connectivity index (χ1v) is 7.89. The second-order valence-electron chi connectivity index (χ2n) is 5.53. The van der Waals surface area contributed by atoms with Gasteiger partial charge in [0, 0.05) is 26.1 Å². The molecule has 2 N–H and O–H groups in total. The van der Waals surface area contributed by atoms with Gasteiger partial charge in [-0.3, -0.25) is 9.59 Å². The molecule has 5 nitrogen and oxygen atoms in total. The Morgan fingerprint density at radius 1 is 1.25 bits per heavy atom. The highest BCUT2D eigenvalue weighted by atomic mass is 16.2. The van der Waals surface area contributed by atoms with E-state index < -0.39 is 0 Å². The Kier molecular flexibility index (Phi) is 8.26. The summed E-state index contributed by atoms with van der Waals surface area (Å²) in [6.07, 6.45) is 5.37. The predicted molar refractivity (Wildman–Crippen MR) is 80.4 cm³/mol. The first-order chi connectivity index (χ1) is 9.69. The first-order valence-electron chi connectivity index (χ1n) is 7.89. The topological polar surface area (TPSA) is 61.4 Å². The molecule has 0 bridgehead atoms. The van der Waals surface area contributed by atoms with Crippen LogP contribution in [-0.2, 0) is 9.59 Å². The summed E-state index contributed by atoms with van der Waals surface area (Å²) in [5.74, 6) is 0.284. The summed E-state index contributed by atoms with van der Waals surface area (Å²) in [5, 5.41) is 6.02. The normalized spacial score (nSPS) is 18.9. The van der Waals surface area contributed by atoms with E-state index in [0.29, 0.717) is 13.0 Å². The lowest BCUT2D eigenvalue weighted by Crippen LogP contribution is -2.45. The quantitative estimate of drug-likeness (QED) is 0.657. The molecule has 0 aromatic carbocycles. The Morgan fingerprint density at radius 3 is 2.75 bits per heavy atom. The maximum Gasteiger partial charge on any atom is 0.224 e. The van der Waals surface area contributed by atoms with Crippen molar-refractivity contribution in [2.24, 2.45) is 5.92 Å². The maximum absolute atomic E-state index is 12.1. The van der Waals surface area contributed by atoms with Crippen LogP contribution in [0.15, 0.2) is 0 Å². The first kappa shape index (κ1) is 17.0. The second-order valence-corrected chi connectivity index (χ2v) is 5.53. The zero-order valence-electron chi connectivity index (χ0n) is 12.9. The Bertz CT molecular complexity index is 279. The molecule has 1 aliphatic rings. The van der Waals surface area contributed by atoms with Crippen LogP contribution in [0.5, 0.6) is 0 Å². The Labute approximate surface area is 122 Å². The minimum atomic E-state index is -0.0196. The molecule has 0 spiro atoms. The van der Waals surface area contributed by atoms with Crippen molar-refractivity contribution in [1.82, 2.24) is 15.5 Å². The van der Waals surface area contributed by atoms with Crippen molar-refractivity contribution in [1.29, 1.82) is 0 Å². The van der Waals surface area contributed by atoms with Gasteiger partial charge >= 0.3 is 0 Å². The number of carbonyl (C=O) groups excluding carboxylic acids is 2. The molecule has 1 aliphatic heterocycles. The average molecular weight is 283 g/mol. The fraction of sp³-hybridized carbons (Fsp3) is 0.867. The lowest BCUT2D eigenvalue weighted by Gasteiger charge is -2.32. The third-order valence-corrected chi connectivity index (χ3v) is 3.79.